The van der Waals surface area contributed by atoms with Gasteiger partial charge in [-0.2, -0.15) is 0 Å². The van der Waals surface area contributed by atoms with Crippen molar-refractivity contribution in [2.45, 2.75) is 65.6 Å². The molecule has 0 saturated carbocycles. The first-order valence-corrected chi connectivity index (χ1v) is 5.18. The lowest BCUT2D eigenvalue weighted by molar-refractivity contribution is 0.311. The number of rotatable bonds is 4. The van der Waals surface area contributed by atoms with E-state index in [1.807, 2.05) is 0 Å². The molecule has 1 saturated heterocycles. The highest BCUT2D eigenvalue weighted by Crippen LogP contribution is 2.33. The highest BCUT2D eigenvalue weighted by molar-refractivity contribution is 4.85. The van der Waals surface area contributed by atoms with Gasteiger partial charge in [-0.25, -0.2) is 0 Å². The minimum absolute atomic E-state index is 0.475. The van der Waals surface area contributed by atoms with Gasteiger partial charge in [-0.15, -0.1) is 0 Å². The molecule has 0 amide bonds. The lowest BCUT2D eigenvalue weighted by Crippen LogP contribution is -2.07. The van der Waals surface area contributed by atoms with Crippen LogP contribution < -0.4 is 0 Å². The SMILES string of the molecule is CCCC1OC1CCC(C)(C)C. The normalized spacial score (nSPS) is 29.0. The van der Waals surface area contributed by atoms with E-state index < -0.39 is 0 Å². The number of epoxide rings is 1. The minimum atomic E-state index is 0.475. The summed E-state index contributed by atoms with van der Waals surface area (Å²) in [6.07, 6.45) is 6.28. The molecule has 0 N–H and O–H groups in total. The van der Waals surface area contributed by atoms with Crippen molar-refractivity contribution in [3.63, 3.8) is 0 Å². The molecule has 0 radical (unpaired) electrons. The van der Waals surface area contributed by atoms with Crippen LogP contribution in [-0.2, 0) is 4.74 Å². The Morgan fingerprint density at radius 3 is 2.17 bits per heavy atom. The summed E-state index contributed by atoms with van der Waals surface area (Å²) in [5, 5.41) is 0. The topological polar surface area (TPSA) is 12.5 Å². The van der Waals surface area contributed by atoms with Gasteiger partial charge in [0.15, 0.2) is 0 Å². The third kappa shape index (κ3) is 3.57. The number of ether oxygens (including phenoxy) is 1. The molecule has 0 aromatic rings. The first-order valence-electron chi connectivity index (χ1n) is 5.18. The number of hydrogen-bond donors (Lipinski definition) is 0. The van der Waals surface area contributed by atoms with Gasteiger partial charge in [0.1, 0.15) is 0 Å². The second kappa shape index (κ2) is 3.78. The van der Waals surface area contributed by atoms with Gasteiger partial charge in [0, 0.05) is 0 Å². The zero-order valence-corrected chi connectivity index (χ0v) is 8.89. The van der Waals surface area contributed by atoms with Crippen LogP contribution in [0.3, 0.4) is 0 Å². The molecular weight excluding hydrogens is 148 g/mol. The van der Waals surface area contributed by atoms with Crippen LogP contribution >= 0.6 is 0 Å². The molecule has 1 heterocycles. The Kier molecular flexibility index (Phi) is 3.16. The molecule has 0 aliphatic carbocycles. The highest BCUT2D eigenvalue weighted by Gasteiger charge is 2.37. The van der Waals surface area contributed by atoms with Crippen molar-refractivity contribution >= 4 is 0 Å². The second-order valence-corrected chi connectivity index (χ2v) is 5.10. The molecule has 1 aliphatic rings. The average molecular weight is 170 g/mol. The van der Waals surface area contributed by atoms with E-state index in [1.54, 1.807) is 0 Å². The summed E-state index contributed by atoms with van der Waals surface area (Å²) >= 11 is 0. The first kappa shape index (κ1) is 10.0. The maximum Gasteiger partial charge on any atom is 0.0842 e. The zero-order chi connectivity index (χ0) is 9.19. The molecule has 12 heavy (non-hydrogen) atoms. The first-order chi connectivity index (χ1) is 5.53. The monoisotopic (exact) mass is 170 g/mol. The minimum Gasteiger partial charge on any atom is -0.370 e. The fraction of sp³-hybridized carbons (Fsp3) is 1.00. The molecule has 2 unspecified atom stereocenters. The van der Waals surface area contributed by atoms with Crippen molar-refractivity contribution in [1.82, 2.24) is 0 Å². The summed E-state index contributed by atoms with van der Waals surface area (Å²) in [6, 6.07) is 0. The van der Waals surface area contributed by atoms with Gasteiger partial charge < -0.3 is 4.74 Å². The Morgan fingerprint density at radius 2 is 1.67 bits per heavy atom. The smallest absolute Gasteiger partial charge is 0.0842 e. The van der Waals surface area contributed by atoms with Gasteiger partial charge in [-0.3, -0.25) is 0 Å². The van der Waals surface area contributed by atoms with Crippen molar-refractivity contribution in [3.8, 4) is 0 Å². The maximum atomic E-state index is 5.55. The lowest BCUT2D eigenvalue weighted by atomic mass is 9.89. The Labute approximate surface area is 76.5 Å². The van der Waals surface area contributed by atoms with Crippen LogP contribution in [0.1, 0.15) is 53.4 Å². The Hall–Kier alpha value is -0.0400. The zero-order valence-electron chi connectivity index (χ0n) is 8.89. The summed E-state index contributed by atoms with van der Waals surface area (Å²) in [5.41, 5.74) is 0.475. The molecule has 0 spiro atoms. The van der Waals surface area contributed by atoms with E-state index in [2.05, 4.69) is 27.7 Å². The van der Waals surface area contributed by atoms with Crippen LogP contribution in [-0.4, -0.2) is 12.2 Å². The predicted octanol–water partition coefficient (Wildman–Crippen LogP) is 3.38. The van der Waals surface area contributed by atoms with Crippen LogP contribution in [0, 0.1) is 5.41 Å². The van der Waals surface area contributed by atoms with Gasteiger partial charge in [-0.05, 0) is 24.7 Å². The summed E-state index contributed by atoms with van der Waals surface area (Å²) in [7, 11) is 0. The molecular formula is C11H22O. The summed E-state index contributed by atoms with van der Waals surface area (Å²) in [4.78, 5) is 0. The summed E-state index contributed by atoms with van der Waals surface area (Å²) in [5.74, 6) is 0. The summed E-state index contributed by atoms with van der Waals surface area (Å²) < 4.78 is 5.55. The van der Waals surface area contributed by atoms with Gasteiger partial charge >= 0.3 is 0 Å². The van der Waals surface area contributed by atoms with Crippen molar-refractivity contribution in [2.24, 2.45) is 5.41 Å². The van der Waals surface area contributed by atoms with E-state index in [0.29, 0.717) is 17.6 Å². The van der Waals surface area contributed by atoms with Gasteiger partial charge in [-0.1, -0.05) is 34.1 Å². The molecule has 0 bridgehead atoms. The third-order valence-corrected chi connectivity index (χ3v) is 2.44. The largest absolute Gasteiger partial charge is 0.370 e. The molecule has 1 rings (SSSR count). The van der Waals surface area contributed by atoms with Crippen LogP contribution in [0.2, 0.25) is 0 Å². The number of hydrogen-bond acceptors (Lipinski definition) is 1. The quantitative estimate of drug-likeness (QED) is 0.589. The van der Waals surface area contributed by atoms with Gasteiger partial charge in [0.05, 0.1) is 12.2 Å². The maximum absolute atomic E-state index is 5.55. The highest BCUT2D eigenvalue weighted by atomic mass is 16.6. The van der Waals surface area contributed by atoms with Gasteiger partial charge in [0.2, 0.25) is 0 Å². The van der Waals surface area contributed by atoms with Crippen molar-refractivity contribution < 1.29 is 4.74 Å². The average Bonchev–Trinajstić information content (AvgIpc) is 2.63. The Balaban J connectivity index is 2.04. The molecule has 72 valence electrons. The molecule has 0 aromatic heterocycles. The third-order valence-electron chi connectivity index (χ3n) is 2.44. The van der Waals surface area contributed by atoms with E-state index in [4.69, 9.17) is 4.74 Å². The van der Waals surface area contributed by atoms with E-state index in [0.717, 1.165) is 0 Å². The van der Waals surface area contributed by atoms with Crippen LogP contribution in [0.25, 0.3) is 0 Å². The van der Waals surface area contributed by atoms with Crippen LogP contribution in [0.4, 0.5) is 0 Å². The Bertz CT molecular complexity index is 134. The predicted molar refractivity (Wildman–Crippen MR) is 52.3 cm³/mol. The summed E-state index contributed by atoms with van der Waals surface area (Å²) in [6.45, 7) is 9.11. The molecule has 1 aliphatic heterocycles. The van der Waals surface area contributed by atoms with E-state index in [1.165, 1.54) is 25.7 Å². The Morgan fingerprint density at radius 1 is 1.08 bits per heavy atom. The van der Waals surface area contributed by atoms with Crippen molar-refractivity contribution in [1.29, 1.82) is 0 Å². The lowest BCUT2D eigenvalue weighted by Gasteiger charge is -2.16. The molecule has 1 fully saturated rings. The molecule has 1 nitrogen and oxygen atoms in total. The van der Waals surface area contributed by atoms with E-state index >= 15 is 0 Å². The molecule has 1 heteroatoms. The van der Waals surface area contributed by atoms with Crippen molar-refractivity contribution in [3.05, 3.63) is 0 Å². The van der Waals surface area contributed by atoms with E-state index in [-0.39, 0.29) is 0 Å². The fourth-order valence-electron chi connectivity index (χ4n) is 1.55. The van der Waals surface area contributed by atoms with Crippen LogP contribution in [0.15, 0.2) is 0 Å². The van der Waals surface area contributed by atoms with Crippen molar-refractivity contribution in [2.75, 3.05) is 0 Å². The van der Waals surface area contributed by atoms with Crippen LogP contribution in [0.5, 0.6) is 0 Å². The molecule has 0 aromatic carbocycles. The van der Waals surface area contributed by atoms with Gasteiger partial charge in [0.25, 0.3) is 0 Å². The molecule has 2 atom stereocenters. The standard InChI is InChI=1S/C11H22O/c1-5-6-9-10(12-9)7-8-11(2,3)4/h9-10H,5-8H2,1-4H3. The second-order valence-electron chi connectivity index (χ2n) is 5.10. The fourth-order valence-corrected chi connectivity index (χ4v) is 1.55. The van der Waals surface area contributed by atoms with E-state index in [9.17, 15) is 0 Å².